The zero-order valence-corrected chi connectivity index (χ0v) is 21.5. The number of hydrogen-bond acceptors (Lipinski definition) is 7. The summed E-state index contributed by atoms with van der Waals surface area (Å²) in [4.78, 5) is 42.6. The topological polar surface area (TPSA) is 139 Å². The Bertz CT molecular complexity index is 1250. The molecular weight excluding hydrogens is 527 g/mol. The second-order valence-electron chi connectivity index (χ2n) is 8.15. The van der Waals surface area contributed by atoms with Crippen LogP contribution in [0.4, 0.5) is 13.2 Å². The third-order valence-corrected chi connectivity index (χ3v) is 5.74. The van der Waals surface area contributed by atoms with Crippen LogP contribution in [0, 0.1) is 6.92 Å². The summed E-state index contributed by atoms with van der Waals surface area (Å²) >= 11 is 1.48. The zero-order valence-electron chi connectivity index (χ0n) is 20.7. The van der Waals surface area contributed by atoms with Gasteiger partial charge in [-0.3, -0.25) is 9.78 Å². The first-order valence-corrected chi connectivity index (χ1v) is 12.0. The number of alkyl halides is 3. The van der Waals surface area contributed by atoms with Gasteiger partial charge in [0.05, 0.1) is 18.3 Å². The minimum absolute atomic E-state index is 0.191. The Balaban J connectivity index is 0.000000638. The normalized spacial score (nSPS) is 11.9. The van der Waals surface area contributed by atoms with Crippen LogP contribution in [0.25, 0.3) is 10.6 Å². The van der Waals surface area contributed by atoms with Crippen molar-refractivity contribution in [3.05, 3.63) is 70.5 Å². The van der Waals surface area contributed by atoms with Gasteiger partial charge in [0, 0.05) is 23.1 Å². The lowest BCUT2D eigenvalue weighted by Crippen LogP contribution is -2.29. The summed E-state index contributed by atoms with van der Waals surface area (Å²) in [6.07, 6.45) is -4.38. The lowest BCUT2D eigenvalue weighted by atomic mass is 10.1. The molecule has 2 heterocycles. The van der Waals surface area contributed by atoms with E-state index in [9.17, 15) is 27.9 Å². The molecule has 0 fully saturated rings. The minimum Gasteiger partial charge on any atom is -0.479 e. The van der Waals surface area contributed by atoms with E-state index in [-0.39, 0.29) is 25.0 Å². The predicted molar refractivity (Wildman–Crippen MR) is 133 cm³/mol. The number of nitrogens with one attached hydrogen (secondary N) is 1. The van der Waals surface area contributed by atoms with E-state index < -0.39 is 24.2 Å². The fourth-order valence-corrected chi connectivity index (χ4v) is 3.97. The monoisotopic (exact) mass is 553 g/mol. The number of thiazole rings is 1. The van der Waals surface area contributed by atoms with Gasteiger partial charge >= 0.3 is 18.1 Å². The van der Waals surface area contributed by atoms with Crippen molar-refractivity contribution in [1.29, 1.82) is 0 Å². The van der Waals surface area contributed by atoms with E-state index in [1.54, 1.807) is 32.2 Å². The van der Waals surface area contributed by atoms with Crippen molar-refractivity contribution in [1.82, 2.24) is 15.3 Å². The number of halogens is 3. The van der Waals surface area contributed by atoms with Gasteiger partial charge in [-0.15, -0.1) is 11.3 Å². The number of carboxylic acid groups (broad SMARTS) is 2. The third-order valence-electron chi connectivity index (χ3n) is 4.72. The van der Waals surface area contributed by atoms with Crippen LogP contribution in [0.5, 0.6) is 0 Å². The van der Waals surface area contributed by atoms with Gasteiger partial charge in [-0.05, 0) is 38.5 Å². The zero-order chi connectivity index (χ0) is 28.5. The molecule has 1 atom stereocenters. The van der Waals surface area contributed by atoms with Crippen LogP contribution < -0.4 is 5.32 Å². The Labute approximate surface area is 220 Å². The molecule has 0 radical (unpaired) electrons. The molecule has 3 N–H and O–H groups in total. The lowest BCUT2D eigenvalue weighted by molar-refractivity contribution is -0.192. The maximum Gasteiger partial charge on any atom is 0.490 e. The number of rotatable bonds is 9. The maximum absolute atomic E-state index is 12.7. The predicted octanol–water partition coefficient (Wildman–Crippen LogP) is 4.50. The smallest absolute Gasteiger partial charge is 0.479 e. The summed E-state index contributed by atoms with van der Waals surface area (Å²) in [5.74, 6) is -4.03. The van der Waals surface area contributed by atoms with E-state index in [4.69, 9.17) is 14.6 Å². The molecule has 0 saturated carbocycles. The third kappa shape index (κ3) is 9.56. The Kier molecular flexibility index (Phi) is 10.9. The van der Waals surface area contributed by atoms with Crippen molar-refractivity contribution >= 4 is 29.2 Å². The number of carbonyl (C=O) groups is 3. The fraction of sp³-hybridized carbons (Fsp3) is 0.320. The van der Waals surface area contributed by atoms with E-state index >= 15 is 0 Å². The van der Waals surface area contributed by atoms with Crippen LogP contribution in [0.3, 0.4) is 0 Å². The summed E-state index contributed by atoms with van der Waals surface area (Å²) < 4.78 is 37.2. The minimum atomic E-state index is -5.08. The van der Waals surface area contributed by atoms with Gasteiger partial charge in [-0.2, -0.15) is 13.2 Å². The molecule has 1 aromatic carbocycles. The first-order chi connectivity index (χ1) is 17.8. The van der Waals surface area contributed by atoms with Gasteiger partial charge in [-0.1, -0.05) is 30.3 Å². The van der Waals surface area contributed by atoms with Crippen LogP contribution in [0.1, 0.15) is 40.5 Å². The number of aryl methyl sites for hydroxylation is 1. The molecule has 0 saturated heterocycles. The van der Waals surface area contributed by atoms with Crippen molar-refractivity contribution < 1.29 is 42.5 Å². The number of carboxylic acids is 2. The standard InChI is InChI=1S/C23H25N3O4S.C2HF3O2/c1-14(2)30-19(23(28)29)12-16-9-10-24-18(11-16)13-25-21(27)20-15(3)31-22(26-20)17-7-5-4-6-8-17;3-2(4,5)1(6)7/h4-11,14,19H,12-13H2,1-3H3,(H,25,27)(H,28,29);(H,6,7). The summed E-state index contributed by atoms with van der Waals surface area (Å²) in [5.41, 5.74) is 2.79. The van der Waals surface area contributed by atoms with Gasteiger partial charge in [0.1, 0.15) is 10.7 Å². The average molecular weight is 554 g/mol. The first-order valence-electron chi connectivity index (χ1n) is 11.2. The largest absolute Gasteiger partial charge is 0.490 e. The van der Waals surface area contributed by atoms with Crippen LogP contribution in [-0.2, 0) is 27.3 Å². The van der Waals surface area contributed by atoms with Crippen molar-refractivity contribution in [2.24, 2.45) is 0 Å². The Morgan fingerprint density at radius 1 is 1.11 bits per heavy atom. The van der Waals surface area contributed by atoms with E-state index in [0.717, 1.165) is 21.0 Å². The van der Waals surface area contributed by atoms with E-state index in [1.165, 1.54) is 11.3 Å². The number of benzene rings is 1. The summed E-state index contributed by atoms with van der Waals surface area (Å²) in [5, 5.41) is 20.1. The highest BCUT2D eigenvalue weighted by molar-refractivity contribution is 7.15. The highest BCUT2D eigenvalue weighted by Crippen LogP contribution is 2.27. The van der Waals surface area contributed by atoms with Gasteiger partial charge < -0.3 is 20.3 Å². The van der Waals surface area contributed by atoms with Gasteiger partial charge in [-0.25, -0.2) is 14.6 Å². The second-order valence-corrected chi connectivity index (χ2v) is 9.35. The molecule has 0 aliphatic rings. The second kappa shape index (κ2) is 13.6. The number of carbonyl (C=O) groups excluding carboxylic acids is 1. The number of amides is 1. The summed E-state index contributed by atoms with van der Waals surface area (Å²) in [6.45, 7) is 5.69. The number of aromatic nitrogens is 2. The SMILES string of the molecule is Cc1sc(-c2ccccc2)nc1C(=O)NCc1cc(CC(OC(C)C)C(=O)O)ccn1.O=C(O)C(F)(F)F. The Morgan fingerprint density at radius 3 is 2.29 bits per heavy atom. The molecule has 0 spiro atoms. The first kappa shape index (κ1) is 30.4. The molecule has 3 rings (SSSR count). The van der Waals surface area contributed by atoms with Gasteiger partial charge in [0.15, 0.2) is 6.10 Å². The molecular formula is C25H26F3N3O6S. The number of pyridine rings is 1. The van der Waals surface area contributed by atoms with Crippen molar-refractivity contribution in [3.8, 4) is 10.6 Å². The molecule has 13 heteroatoms. The van der Waals surface area contributed by atoms with Crippen LogP contribution in [0.15, 0.2) is 48.7 Å². The molecule has 38 heavy (non-hydrogen) atoms. The Hall–Kier alpha value is -3.84. The quantitative estimate of drug-likeness (QED) is 0.352. The van der Waals surface area contributed by atoms with E-state index in [0.29, 0.717) is 11.4 Å². The van der Waals surface area contributed by atoms with Crippen molar-refractivity contribution in [3.63, 3.8) is 0 Å². The highest BCUT2D eigenvalue weighted by atomic mass is 32.1. The summed E-state index contributed by atoms with van der Waals surface area (Å²) in [6, 6.07) is 13.3. The van der Waals surface area contributed by atoms with Gasteiger partial charge in [0.25, 0.3) is 5.91 Å². The van der Waals surface area contributed by atoms with Crippen LogP contribution >= 0.6 is 11.3 Å². The van der Waals surface area contributed by atoms with Crippen LogP contribution in [0.2, 0.25) is 0 Å². The number of nitrogens with zero attached hydrogens (tertiary/aromatic N) is 2. The Morgan fingerprint density at radius 2 is 1.74 bits per heavy atom. The maximum atomic E-state index is 12.7. The average Bonchev–Trinajstić information content (AvgIpc) is 3.24. The molecule has 0 bridgehead atoms. The highest BCUT2D eigenvalue weighted by Gasteiger charge is 2.38. The molecule has 9 nitrogen and oxygen atoms in total. The molecule has 3 aromatic rings. The molecule has 0 aliphatic heterocycles. The molecule has 1 unspecified atom stereocenters. The van der Waals surface area contributed by atoms with Crippen LogP contribution in [-0.4, -0.2) is 56.4 Å². The van der Waals surface area contributed by atoms with E-state index in [1.807, 2.05) is 37.3 Å². The lowest BCUT2D eigenvalue weighted by Gasteiger charge is -2.16. The number of ether oxygens (including phenoxy) is 1. The molecule has 204 valence electrons. The fourth-order valence-electron chi connectivity index (χ4n) is 3.05. The summed E-state index contributed by atoms with van der Waals surface area (Å²) in [7, 11) is 0. The molecule has 0 aliphatic carbocycles. The van der Waals surface area contributed by atoms with Crippen molar-refractivity contribution in [2.75, 3.05) is 0 Å². The van der Waals surface area contributed by atoms with Crippen molar-refractivity contribution in [2.45, 2.75) is 52.1 Å². The number of aliphatic carboxylic acids is 2. The van der Waals surface area contributed by atoms with Gasteiger partial charge in [0.2, 0.25) is 0 Å². The molecule has 1 amide bonds. The number of hydrogen-bond donors (Lipinski definition) is 3. The van der Waals surface area contributed by atoms with E-state index in [2.05, 4.69) is 15.3 Å². The molecule has 2 aromatic heterocycles.